The van der Waals surface area contributed by atoms with E-state index < -0.39 is 45.1 Å². The summed E-state index contributed by atoms with van der Waals surface area (Å²) in [5.74, 6) is -10.3. The van der Waals surface area contributed by atoms with Crippen molar-refractivity contribution >= 4 is 22.7 Å². The zero-order chi connectivity index (χ0) is 28.3. The molecule has 39 heavy (non-hydrogen) atoms. The molecular formula is C26H23F5N2O5S. The molecule has 1 saturated heterocycles. The third-order valence-corrected chi connectivity index (χ3v) is 7.18. The van der Waals surface area contributed by atoms with E-state index in [1.54, 1.807) is 35.2 Å². The Morgan fingerprint density at radius 1 is 0.795 bits per heavy atom. The number of methoxy groups -OCH3 is 2. The average molecular weight is 571 g/mol. The van der Waals surface area contributed by atoms with Gasteiger partial charge in [0.2, 0.25) is 22.8 Å². The van der Waals surface area contributed by atoms with Crippen LogP contribution in [0.15, 0.2) is 47.4 Å². The van der Waals surface area contributed by atoms with E-state index in [2.05, 4.69) is 0 Å². The summed E-state index contributed by atoms with van der Waals surface area (Å²) in [6.07, 6.45) is 0.201. The summed E-state index contributed by atoms with van der Waals surface area (Å²) >= 11 is -3.00. The van der Waals surface area contributed by atoms with Crippen LogP contribution in [0.2, 0.25) is 0 Å². The topological polar surface area (TPSA) is 68.3 Å². The largest absolute Gasteiger partial charge is 0.493 e. The monoisotopic (exact) mass is 570 g/mol. The quantitative estimate of drug-likeness (QED) is 0.227. The van der Waals surface area contributed by atoms with Gasteiger partial charge in [-0.2, -0.15) is 0 Å². The van der Waals surface area contributed by atoms with Crippen molar-refractivity contribution in [2.75, 3.05) is 45.3 Å². The van der Waals surface area contributed by atoms with Gasteiger partial charge in [-0.1, -0.05) is 6.07 Å². The Kier molecular flexibility index (Phi) is 8.58. The maximum absolute atomic E-state index is 13.9. The normalized spacial score (nSPS) is 14.2. The Morgan fingerprint density at radius 3 is 1.92 bits per heavy atom. The first-order valence-electron chi connectivity index (χ1n) is 11.6. The summed E-state index contributed by atoms with van der Waals surface area (Å²) in [7, 11) is 3.05. The van der Waals surface area contributed by atoms with Gasteiger partial charge in [-0.3, -0.25) is 4.79 Å². The van der Waals surface area contributed by atoms with Crippen LogP contribution in [0.5, 0.6) is 17.2 Å². The number of hydrogen-bond acceptors (Lipinski definition) is 6. The number of rotatable bonds is 8. The molecule has 1 amide bonds. The number of piperazine rings is 1. The number of hydrogen-bond donors (Lipinski definition) is 0. The molecule has 1 aliphatic rings. The molecule has 3 aromatic carbocycles. The van der Waals surface area contributed by atoms with Gasteiger partial charge >= 0.3 is 0 Å². The Balaban J connectivity index is 1.34. The van der Waals surface area contributed by atoms with Crippen molar-refractivity contribution in [2.24, 2.45) is 0 Å². The highest BCUT2D eigenvalue weighted by Crippen LogP contribution is 2.29. The van der Waals surface area contributed by atoms with Crippen LogP contribution in [0, 0.1) is 29.1 Å². The van der Waals surface area contributed by atoms with Gasteiger partial charge in [0.1, 0.15) is 5.75 Å². The lowest BCUT2D eigenvalue weighted by atomic mass is 10.1. The lowest BCUT2D eigenvalue weighted by molar-refractivity contribution is -0.130. The summed E-state index contributed by atoms with van der Waals surface area (Å²) in [6, 6.07) is 11.2. The summed E-state index contributed by atoms with van der Waals surface area (Å²) in [5, 5.41) is 0. The lowest BCUT2D eigenvalue weighted by Crippen LogP contribution is -2.49. The molecule has 0 saturated carbocycles. The van der Waals surface area contributed by atoms with Crippen molar-refractivity contribution in [3.8, 4) is 17.2 Å². The van der Waals surface area contributed by atoms with Crippen LogP contribution in [0.4, 0.5) is 27.6 Å². The van der Waals surface area contributed by atoms with E-state index in [0.717, 1.165) is 11.3 Å². The van der Waals surface area contributed by atoms with Crippen molar-refractivity contribution in [3.63, 3.8) is 0 Å². The summed E-state index contributed by atoms with van der Waals surface area (Å²) < 4.78 is 95.5. The van der Waals surface area contributed by atoms with Crippen molar-refractivity contribution in [3.05, 3.63) is 77.1 Å². The number of carbonyl (C=O) groups is 1. The molecule has 4 rings (SSSR count). The Morgan fingerprint density at radius 2 is 1.36 bits per heavy atom. The maximum atomic E-state index is 13.9. The van der Waals surface area contributed by atoms with Crippen molar-refractivity contribution in [2.45, 2.75) is 11.3 Å². The van der Waals surface area contributed by atoms with Crippen LogP contribution >= 0.6 is 0 Å². The van der Waals surface area contributed by atoms with Gasteiger partial charge in [0.25, 0.3) is 0 Å². The summed E-state index contributed by atoms with van der Waals surface area (Å²) in [4.78, 5) is 15.0. The minimum Gasteiger partial charge on any atom is -0.493 e. The smallest absolute Gasteiger partial charge is 0.246 e. The number of benzene rings is 3. The Labute approximate surface area is 223 Å². The van der Waals surface area contributed by atoms with E-state index in [0.29, 0.717) is 37.7 Å². The first-order chi connectivity index (χ1) is 18.6. The maximum Gasteiger partial charge on any atom is 0.246 e. The number of carbonyl (C=O) groups excluding carboxylic acids is 1. The SMILES string of the molecule is COc1ccc(CC(=O)N2CCN(c3ccc(OS(=O)c4c(F)c(F)c(F)c(F)c4F)cc3)CC2)cc1OC. The molecule has 3 aromatic rings. The van der Waals surface area contributed by atoms with Gasteiger partial charge in [0, 0.05) is 31.9 Å². The zero-order valence-corrected chi connectivity index (χ0v) is 21.6. The first kappa shape index (κ1) is 28.1. The molecule has 0 N–H and O–H groups in total. The molecule has 1 unspecified atom stereocenters. The van der Waals surface area contributed by atoms with Crippen LogP contribution in [-0.4, -0.2) is 55.4 Å². The molecule has 1 heterocycles. The third kappa shape index (κ3) is 5.92. The van der Waals surface area contributed by atoms with Crippen LogP contribution in [-0.2, 0) is 22.3 Å². The third-order valence-electron chi connectivity index (χ3n) is 6.15. The second-order valence-electron chi connectivity index (χ2n) is 8.44. The molecule has 1 fully saturated rings. The molecule has 13 heteroatoms. The van der Waals surface area contributed by atoms with E-state index in [9.17, 15) is 31.0 Å². The molecular weight excluding hydrogens is 547 g/mol. The standard InChI is InChI=1S/C26H23F5N2O5S/c1-36-18-8-3-15(13-19(18)37-2)14-20(34)33-11-9-32(10-12-33)16-4-6-17(7-5-16)38-39(35)26-24(30)22(28)21(27)23(29)25(26)31/h3-8,13H,9-12,14H2,1-2H3. The van der Waals surface area contributed by atoms with Crippen molar-refractivity contribution in [1.29, 1.82) is 0 Å². The fourth-order valence-electron chi connectivity index (χ4n) is 4.06. The van der Waals surface area contributed by atoms with Crippen molar-refractivity contribution < 1.29 is 44.6 Å². The van der Waals surface area contributed by atoms with Crippen LogP contribution < -0.4 is 18.6 Å². The summed E-state index contributed by atoms with van der Waals surface area (Å²) in [5.41, 5.74) is 1.52. The average Bonchev–Trinajstić information content (AvgIpc) is 2.95. The molecule has 0 aliphatic carbocycles. The van der Waals surface area contributed by atoms with E-state index >= 15 is 0 Å². The van der Waals surface area contributed by atoms with Gasteiger partial charge in [-0.15, -0.1) is 0 Å². The Bertz CT molecular complexity index is 1370. The predicted octanol–water partition coefficient (Wildman–Crippen LogP) is 4.39. The van der Waals surface area contributed by atoms with Gasteiger partial charge in [-0.05, 0) is 42.0 Å². The zero-order valence-electron chi connectivity index (χ0n) is 20.8. The lowest BCUT2D eigenvalue weighted by Gasteiger charge is -2.36. The number of nitrogens with zero attached hydrogens (tertiary/aromatic N) is 2. The number of anilines is 1. The predicted molar refractivity (Wildman–Crippen MR) is 132 cm³/mol. The number of amides is 1. The minimum atomic E-state index is -3.00. The van der Waals surface area contributed by atoms with Crippen LogP contribution in [0.3, 0.4) is 0 Å². The van der Waals surface area contributed by atoms with Crippen LogP contribution in [0.1, 0.15) is 5.56 Å². The molecule has 208 valence electrons. The molecule has 0 aromatic heterocycles. The van der Waals surface area contributed by atoms with Gasteiger partial charge in [-0.25, -0.2) is 26.2 Å². The van der Waals surface area contributed by atoms with E-state index in [-0.39, 0.29) is 18.1 Å². The Hall–Kier alpha value is -3.87. The van der Waals surface area contributed by atoms with Crippen LogP contribution in [0.25, 0.3) is 0 Å². The van der Waals surface area contributed by atoms with E-state index in [1.807, 2.05) is 4.90 Å². The minimum absolute atomic E-state index is 0.0405. The van der Waals surface area contributed by atoms with E-state index in [1.165, 1.54) is 26.4 Å². The second-order valence-corrected chi connectivity index (χ2v) is 9.49. The molecule has 0 bridgehead atoms. The highest BCUT2D eigenvalue weighted by atomic mass is 32.2. The highest BCUT2D eigenvalue weighted by molar-refractivity contribution is 7.80. The van der Waals surface area contributed by atoms with Crippen molar-refractivity contribution in [1.82, 2.24) is 4.90 Å². The second kappa shape index (κ2) is 11.9. The number of ether oxygens (including phenoxy) is 2. The van der Waals surface area contributed by atoms with Gasteiger partial charge < -0.3 is 23.5 Å². The fraction of sp³-hybridized carbons (Fsp3) is 0.269. The molecule has 0 spiro atoms. The molecule has 0 radical (unpaired) electrons. The highest BCUT2D eigenvalue weighted by Gasteiger charge is 2.30. The van der Waals surface area contributed by atoms with Gasteiger partial charge in [0.05, 0.1) is 20.6 Å². The van der Waals surface area contributed by atoms with E-state index in [4.69, 9.17) is 13.7 Å². The molecule has 1 aliphatic heterocycles. The molecule has 7 nitrogen and oxygen atoms in total. The molecule has 1 atom stereocenters. The number of halogens is 5. The van der Waals surface area contributed by atoms with Gasteiger partial charge in [0.15, 0.2) is 39.7 Å². The first-order valence-corrected chi connectivity index (χ1v) is 12.7. The summed E-state index contributed by atoms with van der Waals surface area (Å²) in [6.45, 7) is 1.98. The fourth-order valence-corrected chi connectivity index (χ4v) is 4.90.